The molecule has 346 valence electrons. The van der Waals surface area contributed by atoms with Gasteiger partial charge in [-0.3, -0.25) is 14.7 Å². The molecule has 66 heavy (non-hydrogen) atoms. The van der Waals surface area contributed by atoms with E-state index in [1.54, 1.807) is 55.2 Å². The molecule has 0 aliphatic rings. The van der Waals surface area contributed by atoms with Crippen LogP contribution >= 0.6 is 30.0 Å². The van der Waals surface area contributed by atoms with E-state index in [9.17, 15) is 14.7 Å². The van der Waals surface area contributed by atoms with E-state index in [-0.39, 0.29) is 5.69 Å². The predicted octanol–water partition coefficient (Wildman–Crippen LogP) is 16.7. The molecule has 7 aromatic rings. The average molecular weight is 941 g/mol. The SMILES string of the molecule is C/C=C/c1ccc([N+](=O)[O-])cc1.C/C=C/c1cccs1.CC#Cc1ccccc1.CCOP(C)(C)=O.COc1ccc(C)s1.C[C@@H](c1ccccc1)c1ccc(N(C)c2ccccc2)cc1. The number of thiophene rings is 2. The van der Waals surface area contributed by atoms with Crippen LogP contribution in [0.4, 0.5) is 17.1 Å². The summed E-state index contributed by atoms with van der Waals surface area (Å²) < 4.78 is 20.3. The second kappa shape index (κ2) is 32.4. The summed E-state index contributed by atoms with van der Waals surface area (Å²) in [6.07, 6.45) is 7.93. The molecular weight excluding hydrogens is 876 g/mol. The maximum Gasteiger partial charge on any atom is 0.269 e. The normalized spacial score (nSPS) is 10.6. The number of methoxy groups -OCH3 is 1. The number of nitro benzene ring substituents is 1. The maximum atomic E-state index is 10.6. The number of aryl methyl sites for hydroxylation is 1. The Hall–Kier alpha value is -6.27. The van der Waals surface area contributed by atoms with E-state index in [4.69, 9.17) is 9.26 Å². The smallest absolute Gasteiger partial charge is 0.269 e. The first-order valence-corrected chi connectivity index (χ1v) is 25.7. The number of allylic oxidation sites excluding steroid dienone is 2. The molecule has 2 heterocycles. The zero-order valence-electron chi connectivity index (χ0n) is 40.0. The largest absolute Gasteiger partial charge is 0.487 e. The Morgan fingerprint density at radius 3 is 1.71 bits per heavy atom. The van der Waals surface area contributed by atoms with Crippen LogP contribution in [0.25, 0.3) is 12.2 Å². The van der Waals surface area contributed by atoms with Gasteiger partial charge in [-0.2, -0.15) is 0 Å². The number of hydrogen-bond donors (Lipinski definition) is 0. The van der Waals surface area contributed by atoms with E-state index in [1.165, 1.54) is 44.4 Å². The third kappa shape index (κ3) is 23.6. The molecule has 0 aliphatic heterocycles. The predicted molar refractivity (Wildman–Crippen MR) is 287 cm³/mol. The van der Waals surface area contributed by atoms with Gasteiger partial charge in [0.1, 0.15) is 0 Å². The van der Waals surface area contributed by atoms with Gasteiger partial charge in [-0.05, 0) is 129 Å². The first-order valence-electron chi connectivity index (χ1n) is 21.5. The van der Waals surface area contributed by atoms with Gasteiger partial charge in [-0.25, -0.2) is 0 Å². The number of nitrogens with zero attached hydrogens (tertiary/aromatic N) is 2. The summed E-state index contributed by atoms with van der Waals surface area (Å²) in [4.78, 5) is 14.7. The van der Waals surface area contributed by atoms with Crippen molar-refractivity contribution >= 4 is 59.3 Å². The van der Waals surface area contributed by atoms with Gasteiger partial charge >= 0.3 is 0 Å². The maximum absolute atomic E-state index is 10.6. The van der Waals surface area contributed by atoms with E-state index in [1.807, 2.05) is 94.5 Å². The highest BCUT2D eigenvalue weighted by Gasteiger charge is 2.09. The molecule has 0 N–H and O–H groups in total. The number of ether oxygens (including phenoxy) is 1. The fraction of sp³-hybridized carbons (Fsp3) is 0.214. The molecule has 0 unspecified atom stereocenters. The molecule has 10 heteroatoms. The highest BCUT2D eigenvalue weighted by molar-refractivity contribution is 7.57. The first-order chi connectivity index (χ1) is 31.7. The second-order valence-corrected chi connectivity index (χ2v) is 19.5. The quantitative estimate of drug-likeness (QED) is 0.0588. The number of rotatable bonds is 10. The van der Waals surface area contributed by atoms with Crippen LogP contribution in [0.15, 0.2) is 181 Å². The van der Waals surface area contributed by atoms with E-state index in [0.717, 1.165) is 16.2 Å². The van der Waals surface area contributed by atoms with Crippen molar-refractivity contribution in [1.29, 1.82) is 0 Å². The van der Waals surface area contributed by atoms with E-state index < -0.39 is 12.3 Å². The monoisotopic (exact) mass is 940 g/mol. The van der Waals surface area contributed by atoms with Crippen LogP contribution in [0.1, 0.15) is 72.5 Å². The summed E-state index contributed by atoms with van der Waals surface area (Å²) in [5, 5.41) is 13.3. The van der Waals surface area contributed by atoms with Crippen molar-refractivity contribution in [3.05, 3.63) is 223 Å². The number of para-hydroxylation sites is 1. The fourth-order valence-electron chi connectivity index (χ4n) is 5.67. The molecular formula is C56H65N2O5PS2. The van der Waals surface area contributed by atoms with E-state index in [2.05, 4.69) is 140 Å². The third-order valence-corrected chi connectivity index (χ3v) is 11.6. The van der Waals surface area contributed by atoms with Crippen molar-refractivity contribution in [2.24, 2.45) is 0 Å². The number of non-ortho nitro benzene ring substituents is 1. The van der Waals surface area contributed by atoms with Crippen molar-refractivity contribution < 1.29 is 18.7 Å². The van der Waals surface area contributed by atoms with Crippen LogP contribution in [0, 0.1) is 28.9 Å². The molecule has 0 radical (unpaired) electrons. The van der Waals surface area contributed by atoms with E-state index >= 15 is 0 Å². The van der Waals surface area contributed by atoms with Gasteiger partial charge in [0.15, 0.2) is 12.4 Å². The third-order valence-electron chi connectivity index (χ3n) is 8.96. The molecule has 0 saturated heterocycles. The Labute approximate surface area is 402 Å². The topological polar surface area (TPSA) is 81.9 Å². The molecule has 0 aliphatic carbocycles. The van der Waals surface area contributed by atoms with Crippen LogP contribution in [-0.2, 0) is 9.09 Å². The molecule has 2 aromatic heterocycles. The second-order valence-electron chi connectivity index (χ2n) is 14.5. The summed E-state index contributed by atoms with van der Waals surface area (Å²) in [5.41, 5.74) is 7.29. The molecule has 0 bridgehead atoms. The molecule has 1 atom stereocenters. The van der Waals surface area contributed by atoms with Gasteiger partial charge in [0.05, 0.1) is 18.6 Å². The first kappa shape index (κ1) is 55.9. The standard InChI is InChI=1S/C21H21N.C9H9NO2.C9H8.C7H8S.C6H8OS.C4H11O2P/c1-17(18-9-5-3-6-10-18)19-13-15-21(16-14-19)22(2)20-11-7-4-8-12-20;1-2-3-8-4-6-9(7-5-8)10(11)12;1-2-6-9-7-4-3-5-8-9;1-2-4-7-5-3-6-8-7;1-5-3-4-6(7-2)8-5;1-4-6-7(2,3)5/h3-17H,1-2H3;2-7H,1H3;3-5,7-8H,1H3;2-6H,1H3;3-4H,1-2H3;4H2,1-3H3/b;3-2+;;4-2+;;/t17-;;;;;/m0...../s1. The molecule has 0 saturated carbocycles. The minimum atomic E-state index is -2.17. The van der Waals surface area contributed by atoms with Gasteiger partial charge < -0.3 is 14.2 Å². The minimum Gasteiger partial charge on any atom is -0.487 e. The molecule has 0 spiro atoms. The van der Waals surface area contributed by atoms with Gasteiger partial charge in [0.25, 0.3) is 5.69 Å². The van der Waals surface area contributed by atoms with Crippen molar-refractivity contribution in [3.63, 3.8) is 0 Å². The number of nitro groups is 1. The lowest BCUT2D eigenvalue weighted by Crippen LogP contribution is -2.09. The van der Waals surface area contributed by atoms with Crippen LogP contribution in [0.2, 0.25) is 0 Å². The Kier molecular flexibility index (Phi) is 27.4. The van der Waals surface area contributed by atoms with Gasteiger partial charge in [0, 0.05) is 65.1 Å². The summed E-state index contributed by atoms with van der Waals surface area (Å²) in [7, 11) is 1.62. The van der Waals surface area contributed by atoms with Crippen molar-refractivity contribution in [1.82, 2.24) is 0 Å². The van der Waals surface area contributed by atoms with Crippen LogP contribution in [0.3, 0.4) is 0 Å². The fourth-order valence-corrected chi connectivity index (χ4v) is 7.65. The molecule has 0 amide bonds. The Morgan fingerprint density at radius 1 is 0.742 bits per heavy atom. The van der Waals surface area contributed by atoms with Gasteiger partial charge in [-0.1, -0.05) is 116 Å². The molecule has 0 fully saturated rings. The Morgan fingerprint density at radius 2 is 1.29 bits per heavy atom. The van der Waals surface area contributed by atoms with Crippen LogP contribution in [0.5, 0.6) is 5.06 Å². The number of benzene rings is 5. The highest BCUT2D eigenvalue weighted by atomic mass is 32.1. The zero-order valence-corrected chi connectivity index (χ0v) is 42.5. The molecule has 5 aromatic carbocycles. The van der Waals surface area contributed by atoms with Crippen molar-refractivity contribution in [3.8, 4) is 16.9 Å². The lowest BCUT2D eigenvalue weighted by atomic mass is 9.93. The van der Waals surface area contributed by atoms with Gasteiger partial charge in [-0.15, -0.1) is 28.6 Å². The summed E-state index contributed by atoms with van der Waals surface area (Å²) in [6.45, 7) is 15.7. The Balaban J connectivity index is 0.000000291. The average Bonchev–Trinajstić information content (AvgIpc) is 4.02. The van der Waals surface area contributed by atoms with Crippen molar-refractivity contribution in [2.75, 3.05) is 39.0 Å². The summed E-state index contributed by atoms with van der Waals surface area (Å²) in [6, 6.07) is 54.5. The van der Waals surface area contributed by atoms with Crippen LogP contribution < -0.4 is 9.64 Å². The van der Waals surface area contributed by atoms with Crippen molar-refractivity contribution in [2.45, 2.75) is 47.5 Å². The highest BCUT2D eigenvalue weighted by Crippen LogP contribution is 2.36. The molecule has 7 rings (SSSR count). The summed E-state index contributed by atoms with van der Waals surface area (Å²) >= 11 is 3.43. The van der Waals surface area contributed by atoms with Gasteiger partial charge in [0.2, 0.25) is 0 Å². The lowest BCUT2D eigenvalue weighted by molar-refractivity contribution is -0.384. The van der Waals surface area contributed by atoms with Crippen LogP contribution in [-0.4, -0.2) is 39.0 Å². The Bertz CT molecular complexity index is 2440. The minimum absolute atomic E-state index is 0.128. The zero-order chi connectivity index (χ0) is 48.6. The lowest BCUT2D eigenvalue weighted by Gasteiger charge is -2.20. The van der Waals surface area contributed by atoms with E-state index in [0.29, 0.717) is 12.5 Å². The number of anilines is 2. The summed E-state index contributed by atoms with van der Waals surface area (Å²) in [5.74, 6) is 6.21. The molecule has 7 nitrogen and oxygen atoms in total. The number of hydrogen-bond acceptors (Lipinski definition) is 8.